The molecule has 0 saturated heterocycles. The fourth-order valence-electron chi connectivity index (χ4n) is 2.17. The lowest BCUT2D eigenvalue weighted by molar-refractivity contribution is 0.820. The molecule has 0 heterocycles. The van der Waals surface area contributed by atoms with E-state index < -0.39 is 0 Å². The maximum atomic E-state index is 6.04. The normalized spacial score (nSPS) is 12.5. The van der Waals surface area contributed by atoms with Crippen LogP contribution in [0.25, 0.3) is 11.1 Å². The molecular formula is C16H19N. The van der Waals surface area contributed by atoms with Crippen LogP contribution in [0.4, 0.5) is 0 Å². The van der Waals surface area contributed by atoms with Crippen molar-refractivity contribution in [3.8, 4) is 11.1 Å². The van der Waals surface area contributed by atoms with Crippen LogP contribution < -0.4 is 5.73 Å². The molecule has 88 valence electrons. The smallest absolute Gasteiger partial charge is 0.0272 e. The van der Waals surface area contributed by atoms with Gasteiger partial charge in [0.25, 0.3) is 0 Å². The lowest BCUT2D eigenvalue weighted by atomic mass is 9.92. The van der Waals surface area contributed by atoms with Crippen LogP contribution in [0.15, 0.2) is 42.5 Å². The molecule has 2 rings (SSSR count). The van der Waals surface area contributed by atoms with Gasteiger partial charge in [-0.25, -0.2) is 0 Å². The Morgan fingerprint density at radius 1 is 0.941 bits per heavy atom. The zero-order valence-electron chi connectivity index (χ0n) is 10.7. The van der Waals surface area contributed by atoms with Crippen molar-refractivity contribution < 1.29 is 0 Å². The van der Waals surface area contributed by atoms with Crippen molar-refractivity contribution in [1.29, 1.82) is 0 Å². The van der Waals surface area contributed by atoms with Crippen LogP contribution in [0.3, 0.4) is 0 Å². The van der Waals surface area contributed by atoms with E-state index in [-0.39, 0.29) is 6.04 Å². The molecule has 2 N–H and O–H groups in total. The minimum absolute atomic E-state index is 0.0612. The number of benzene rings is 2. The number of hydrogen-bond donors (Lipinski definition) is 1. The molecule has 0 aliphatic rings. The summed E-state index contributed by atoms with van der Waals surface area (Å²) in [5, 5.41) is 0. The van der Waals surface area contributed by atoms with Gasteiger partial charge < -0.3 is 5.73 Å². The summed E-state index contributed by atoms with van der Waals surface area (Å²) in [7, 11) is 0. The Bertz CT molecular complexity index is 527. The van der Waals surface area contributed by atoms with Gasteiger partial charge in [-0.05, 0) is 43.0 Å². The monoisotopic (exact) mass is 225 g/mol. The molecule has 0 fully saturated rings. The van der Waals surface area contributed by atoms with Gasteiger partial charge in [-0.15, -0.1) is 0 Å². The van der Waals surface area contributed by atoms with E-state index in [0.29, 0.717) is 0 Å². The molecule has 1 atom stereocenters. The van der Waals surface area contributed by atoms with Gasteiger partial charge in [0.15, 0.2) is 0 Å². The molecule has 0 aliphatic heterocycles. The highest BCUT2D eigenvalue weighted by Crippen LogP contribution is 2.30. The van der Waals surface area contributed by atoms with Crippen molar-refractivity contribution in [3.05, 3.63) is 59.2 Å². The van der Waals surface area contributed by atoms with E-state index in [1.54, 1.807) is 0 Å². The van der Waals surface area contributed by atoms with Crippen LogP contribution in [0.1, 0.15) is 29.7 Å². The van der Waals surface area contributed by atoms with Gasteiger partial charge in [-0.3, -0.25) is 0 Å². The van der Waals surface area contributed by atoms with Gasteiger partial charge in [0, 0.05) is 6.04 Å². The molecular weight excluding hydrogens is 206 g/mol. The van der Waals surface area contributed by atoms with Gasteiger partial charge in [-0.1, -0.05) is 48.0 Å². The van der Waals surface area contributed by atoms with E-state index in [2.05, 4.69) is 50.2 Å². The number of hydrogen-bond acceptors (Lipinski definition) is 1. The molecule has 0 aromatic heterocycles. The molecule has 17 heavy (non-hydrogen) atoms. The summed E-state index contributed by atoms with van der Waals surface area (Å²) in [4.78, 5) is 0. The molecule has 0 bridgehead atoms. The fourth-order valence-corrected chi connectivity index (χ4v) is 2.17. The van der Waals surface area contributed by atoms with E-state index in [0.717, 1.165) is 0 Å². The first-order valence-electron chi connectivity index (χ1n) is 6.01. The topological polar surface area (TPSA) is 26.0 Å². The van der Waals surface area contributed by atoms with E-state index in [1.165, 1.54) is 27.8 Å². The average Bonchev–Trinajstić information content (AvgIpc) is 2.32. The summed E-state index contributed by atoms with van der Waals surface area (Å²) in [6, 6.07) is 15.0. The van der Waals surface area contributed by atoms with Gasteiger partial charge in [0.2, 0.25) is 0 Å². The first kappa shape index (κ1) is 11.9. The third kappa shape index (κ3) is 2.40. The summed E-state index contributed by atoms with van der Waals surface area (Å²) in [6.45, 7) is 6.30. The molecule has 2 aromatic carbocycles. The van der Waals surface area contributed by atoms with Crippen molar-refractivity contribution in [2.24, 2.45) is 5.73 Å². The predicted molar refractivity (Wildman–Crippen MR) is 74.0 cm³/mol. The second-order valence-electron chi connectivity index (χ2n) is 4.69. The highest BCUT2D eigenvalue weighted by atomic mass is 14.6. The maximum absolute atomic E-state index is 6.04. The first-order valence-corrected chi connectivity index (χ1v) is 6.01. The summed E-state index contributed by atoms with van der Waals surface area (Å²) in [5.41, 5.74) is 12.4. The lowest BCUT2D eigenvalue weighted by Gasteiger charge is -2.15. The number of nitrogens with two attached hydrogens (primary N) is 1. The Morgan fingerprint density at radius 2 is 1.65 bits per heavy atom. The highest BCUT2D eigenvalue weighted by Gasteiger charge is 2.09. The minimum atomic E-state index is 0.0612. The maximum Gasteiger partial charge on any atom is 0.0272 e. The summed E-state index contributed by atoms with van der Waals surface area (Å²) >= 11 is 0. The third-order valence-corrected chi connectivity index (χ3v) is 3.13. The van der Waals surface area contributed by atoms with Crippen LogP contribution in [-0.2, 0) is 0 Å². The first-order chi connectivity index (χ1) is 8.09. The molecule has 2 aromatic rings. The molecule has 1 nitrogen and oxygen atoms in total. The zero-order valence-corrected chi connectivity index (χ0v) is 10.7. The number of rotatable bonds is 2. The van der Waals surface area contributed by atoms with E-state index in [9.17, 15) is 0 Å². The predicted octanol–water partition coefficient (Wildman–Crippen LogP) is 3.99. The second kappa shape index (κ2) is 4.72. The van der Waals surface area contributed by atoms with Crippen LogP contribution >= 0.6 is 0 Å². The molecule has 1 heteroatoms. The van der Waals surface area contributed by atoms with Crippen LogP contribution in [-0.4, -0.2) is 0 Å². The molecule has 0 saturated carbocycles. The van der Waals surface area contributed by atoms with E-state index in [1.807, 2.05) is 13.0 Å². The average molecular weight is 225 g/mol. The molecule has 0 aliphatic carbocycles. The van der Waals surface area contributed by atoms with Crippen molar-refractivity contribution in [3.63, 3.8) is 0 Å². The molecule has 0 radical (unpaired) electrons. The van der Waals surface area contributed by atoms with Crippen LogP contribution in [0.5, 0.6) is 0 Å². The summed E-state index contributed by atoms with van der Waals surface area (Å²) in [5.74, 6) is 0. The Kier molecular flexibility index (Phi) is 3.30. The Morgan fingerprint density at radius 3 is 2.35 bits per heavy atom. The van der Waals surface area contributed by atoms with Crippen molar-refractivity contribution in [1.82, 2.24) is 0 Å². The van der Waals surface area contributed by atoms with Crippen molar-refractivity contribution in [2.45, 2.75) is 26.8 Å². The lowest BCUT2D eigenvalue weighted by Crippen LogP contribution is -2.06. The fraction of sp³-hybridized carbons (Fsp3) is 0.250. The Balaban J connectivity index is 2.64. The Labute approximate surface area is 103 Å². The molecule has 0 amide bonds. The van der Waals surface area contributed by atoms with Gasteiger partial charge in [0.05, 0.1) is 0 Å². The highest BCUT2D eigenvalue weighted by molar-refractivity contribution is 5.71. The van der Waals surface area contributed by atoms with Gasteiger partial charge >= 0.3 is 0 Å². The van der Waals surface area contributed by atoms with Crippen molar-refractivity contribution >= 4 is 0 Å². The van der Waals surface area contributed by atoms with E-state index in [4.69, 9.17) is 5.73 Å². The Hall–Kier alpha value is -1.60. The quantitative estimate of drug-likeness (QED) is 0.821. The third-order valence-electron chi connectivity index (χ3n) is 3.13. The van der Waals surface area contributed by atoms with Crippen LogP contribution in [0, 0.1) is 13.8 Å². The number of aryl methyl sites for hydroxylation is 2. The second-order valence-corrected chi connectivity index (χ2v) is 4.69. The largest absolute Gasteiger partial charge is 0.324 e. The molecule has 0 spiro atoms. The van der Waals surface area contributed by atoms with E-state index >= 15 is 0 Å². The van der Waals surface area contributed by atoms with Crippen molar-refractivity contribution in [2.75, 3.05) is 0 Å². The minimum Gasteiger partial charge on any atom is -0.324 e. The summed E-state index contributed by atoms with van der Waals surface area (Å²) in [6.07, 6.45) is 0. The SMILES string of the molecule is Cc1ccc(C)c(-c2ccccc2C(C)N)c1. The van der Waals surface area contributed by atoms with Gasteiger partial charge in [0.1, 0.15) is 0 Å². The van der Waals surface area contributed by atoms with Gasteiger partial charge in [-0.2, -0.15) is 0 Å². The molecule has 1 unspecified atom stereocenters. The standard InChI is InChI=1S/C16H19N/c1-11-8-9-12(2)16(10-11)15-7-5-4-6-14(15)13(3)17/h4-10,13H,17H2,1-3H3. The van der Waals surface area contributed by atoms with Crippen LogP contribution in [0.2, 0.25) is 0 Å². The zero-order chi connectivity index (χ0) is 12.4. The summed E-state index contributed by atoms with van der Waals surface area (Å²) < 4.78 is 0.